The molecule has 0 saturated carbocycles. The molecule has 0 aliphatic carbocycles. The fourth-order valence-corrected chi connectivity index (χ4v) is 1.20. The van der Waals surface area contributed by atoms with Crippen LogP contribution in [0.5, 0.6) is 0 Å². The van der Waals surface area contributed by atoms with E-state index < -0.39 is 36.7 Å². The maximum absolute atomic E-state index is 10.8. The van der Waals surface area contributed by atoms with Crippen LogP contribution in [0.15, 0.2) is 0 Å². The second kappa shape index (κ2) is 4.20. The molecule has 14 heavy (non-hydrogen) atoms. The summed E-state index contributed by atoms with van der Waals surface area (Å²) in [5, 5.41) is 36.5. The highest BCUT2D eigenvalue weighted by molar-refractivity contribution is 5.75. The highest BCUT2D eigenvalue weighted by Crippen LogP contribution is 2.22. The summed E-state index contributed by atoms with van der Waals surface area (Å²) in [4.78, 5) is 10.8. The van der Waals surface area contributed by atoms with E-state index in [1.54, 1.807) is 0 Å². The Balaban J connectivity index is 2.66. The van der Waals surface area contributed by atoms with Crippen molar-refractivity contribution in [3.63, 3.8) is 0 Å². The molecule has 82 valence electrons. The number of esters is 1. The molecule has 0 bridgehead atoms. The number of ether oxygens (including phenoxy) is 2. The van der Waals surface area contributed by atoms with Crippen molar-refractivity contribution in [1.29, 1.82) is 0 Å². The van der Waals surface area contributed by atoms with Crippen molar-refractivity contribution < 1.29 is 34.7 Å². The molecular weight excluding hydrogens is 196 g/mol. The number of hydrogen-bond donors (Lipinski definition) is 4. The standard InChI is InChI=1S/C7H12O7/c1-13-6(11)4(10)5-2(8)3(9)7(12)14-5/h2-5,7-10,12H,1H3/t2-,3-,4+,5-,7-/m1/s1. The fraction of sp³-hybridized carbons (Fsp3) is 0.857. The minimum Gasteiger partial charge on any atom is -0.467 e. The van der Waals surface area contributed by atoms with Gasteiger partial charge in [-0.25, -0.2) is 4.79 Å². The van der Waals surface area contributed by atoms with Crippen molar-refractivity contribution in [3.05, 3.63) is 0 Å². The minimum atomic E-state index is -1.73. The van der Waals surface area contributed by atoms with Crippen LogP contribution in [0, 0.1) is 0 Å². The van der Waals surface area contributed by atoms with E-state index in [1.165, 1.54) is 0 Å². The molecule has 0 amide bonds. The van der Waals surface area contributed by atoms with Crippen molar-refractivity contribution in [2.24, 2.45) is 0 Å². The molecule has 1 rings (SSSR count). The third kappa shape index (κ3) is 1.86. The van der Waals surface area contributed by atoms with Gasteiger partial charge in [0.2, 0.25) is 0 Å². The van der Waals surface area contributed by atoms with E-state index in [4.69, 9.17) is 10.2 Å². The first-order valence-corrected chi connectivity index (χ1v) is 3.94. The lowest BCUT2D eigenvalue weighted by atomic mass is 10.1. The number of aliphatic hydroxyl groups excluding tert-OH is 4. The topological polar surface area (TPSA) is 116 Å². The maximum Gasteiger partial charge on any atom is 0.337 e. The predicted molar refractivity (Wildman–Crippen MR) is 40.9 cm³/mol. The Morgan fingerprint density at radius 3 is 2.29 bits per heavy atom. The van der Waals surface area contributed by atoms with E-state index in [0.29, 0.717) is 0 Å². The van der Waals surface area contributed by atoms with Crippen LogP contribution >= 0.6 is 0 Å². The van der Waals surface area contributed by atoms with Gasteiger partial charge in [-0.2, -0.15) is 0 Å². The van der Waals surface area contributed by atoms with Crippen molar-refractivity contribution in [2.75, 3.05) is 7.11 Å². The zero-order chi connectivity index (χ0) is 10.9. The van der Waals surface area contributed by atoms with Crippen LogP contribution in [-0.4, -0.2) is 64.2 Å². The molecule has 1 aliphatic rings. The molecule has 1 heterocycles. The molecule has 7 heteroatoms. The normalized spacial score (nSPS) is 39.5. The molecule has 0 aromatic heterocycles. The lowest BCUT2D eigenvalue weighted by Crippen LogP contribution is -2.43. The Labute approximate surface area is 79.5 Å². The summed E-state index contributed by atoms with van der Waals surface area (Å²) in [5.74, 6) is -1.00. The van der Waals surface area contributed by atoms with Crippen molar-refractivity contribution in [3.8, 4) is 0 Å². The molecule has 7 nitrogen and oxygen atoms in total. The molecule has 0 aromatic carbocycles. The quantitative estimate of drug-likeness (QED) is 0.356. The molecule has 1 saturated heterocycles. The molecule has 5 atom stereocenters. The third-order valence-electron chi connectivity index (χ3n) is 2.03. The lowest BCUT2D eigenvalue weighted by Gasteiger charge is -2.18. The van der Waals surface area contributed by atoms with E-state index in [1.807, 2.05) is 0 Å². The first-order valence-electron chi connectivity index (χ1n) is 3.94. The Hall–Kier alpha value is -0.730. The summed E-state index contributed by atoms with van der Waals surface area (Å²) in [6.07, 6.45) is -7.80. The van der Waals surface area contributed by atoms with Crippen LogP contribution in [0.3, 0.4) is 0 Å². The summed E-state index contributed by atoms with van der Waals surface area (Å²) in [6, 6.07) is 0. The Bertz CT molecular complexity index is 218. The molecule has 4 N–H and O–H groups in total. The third-order valence-corrected chi connectivity index (χ3v) is 2.03. The highest BCUT2D eigenvalue weighted by Gasteiger charge is 2.47. The molecule has 0 unspecified atom stereocenters. The average molecular weight is 208 g/mol. The van der Waals surface area contributed by atoms with Gasteiger partial charge in [-0.05, 0) is 0 Å². The average Bonchev–Trinajstić information content (AvgIpc) is 2.43. The van der Waals surface area contributed by atoms with Gasteiger partial charge in [0.15, 0.2) is 12.4 Å². The van der Waals surface area contributed by atoms with E-state index in [9.17, 15) is 15.0 Å². The Morgan fingerprint density at radius 2 is 1.93 bits per heavy atom. The van der Waals surface area contributed by atoms with Crippen molar-refractivity contribution in [1.82, 2.24) is 0 Å². The molecule has 0 radical (unpaired) electrons. The van der Waals surface area contributed by atoms with E-state index in [-0.39, 0.29) is 0 Å². The highest BCUT2D eigenvalue weighted by atomic mass is 16.7. The monoisotopic (exact) mass is 208 g/mol. The summed E-state index contributed by atoms with van der Waals surface area (Å²) in [6.45, 7) is 0. The first-order chi connectivity index (χ1) is 6.49. The van der Waals surface area contributed by atoms with Crippen molar-refractivity contribution in [2.45, 2.75) is 30.7 Å². The second-order valence-electron chi connectivity index (χ2n) is 2.94. The van der Waals surface area contributed by atoms with Gasteiger partial charge in [-0.1, -0.05) is 0 Å². The van der Waals surface area contributed by atoms with E-state index in [2.05, 4.69) is 9.47 Å². The minimum absolute atomic E-state index is 1.00. The van der Waals surface area contributed by atoms with E-state index in [0.717, 1.165) is 7.11 Å². The second-order valence-corrected chi connectivity index (χ2v) is 2.94. The smallest absolute Gasteiger partial charge is 0.337 e. The SMILES string of the molecule is COC(=O)[C@@H](O)[C@@H]1O[C@@H](O)[C@H](O)[C@H]1O. The Kier molecular flexibility index (Phi) is 3.40. The summed E-state index contributed by atoms with van der Waals surface area (Å²) in [7, 11) is 1.06. The number of aliphatic hydroxyl groups is 4. The zero-order valence-corrected chi connectivity index (χ0v) is 7.40. The molecule has 1 fully saturated rings. The predicted octanol–water partition coefficient (Wildman–Crippen LogP) is -3.04. The maximum atomic E-state index is 10.8. The van der Waals surface area contributed by atoms with Crippen LogP contribution in [0.4, 0.5) is 0 Å². The van der Waals surface area contributed by atoms with Crippen LogP contribution in [-0.2, 0) is 14.3 Å². The number of methoxy groups -OCH3 is 1. The van der Waals surface area contributed by atoms with Gasteiger partial charge in [0.25, 0.3) is 0 Å². The van der Waals surface area contributed by atoms with Gasteiger partial charge in [-0.3, -0.25) is 0 Å². The van der Waals surface area contributed by atoms with Crippen LogP contribution in [0.1, 0.15) is 0 Å². The van der Waals surface area contributed by atoms with Gasteiger partial charge in [0.1, 0.15) is 18.3 Å². The van der Waals surface area contributed by atoms with Gasteiger partial charge >= 0.3 is 5.97 Å². The first kappa shape index (κ1) is 11.3. The van der Waals surface area contributed by atoms with Gasteiger partial charge in [0, 0.05) is 0 Å². The van der Waals surface area contributed by atoms with Crippen LogP contribution < -0.4 is 0 Å². The molecule has 0 aromatic rings. The van der Waals surface area contributed by atoms with Crippen molar-refractivity contribution >= 4 is 5.97 Å². The lowest BCUT2D eigenvalue weighted by molar-refractivity contribution is -0.172. The molecule has 0 spiro atoms. The number of hydrogen-bond acceptors (Lipinski definition) is 7. The number of carbonyl (C=O) groups excluding carboxylic acids is 1. The molecule has 1 aliphatic heterocycles. The van der Waals surface area contributed by atoms with Crippen LogP contribution in [0.2, 0.25) is 0 Å². The van der Waals surface area contributed by atoms with Gasteiger partial charge in [-0.15, -0.1) is 0 Å². The Morgan fingerprint density at radius 1 is 1.36 bits per heavy atom. The largest absolute Gasteiger partial charge is 0.467 e. The number of rotatable bonds is 2. The van der Waals surface area contributed by atoms with Gasteiger partial charge < -0.3 is 29.9 Å². The summed E-state index contributed by atoms with van der Waals surface area (Å²) < 4.78 is 8.78. The zero-order valence-electron chi connectivity index (χ0n) is 7.40. The summed E-state index contributed by atoms with van der Waals surface area (Å²) >= 11 is 0. The van der Waals surface area contributed by atoms with Gasteiger partial charge in [0.05, 0.1) is 7.11 Å². The number of carbonyl (C=O) groups is 1. The van der Waals surface area contributed by atoms with Crippen LogP contribution in [0.25, 0.3) is 0 Å². The molecular formula is C7H12O7. The van der Waals surface area contributed by atoms with E-state index >= 15 is 0 Å². The fourth-order valence-electron chi connectivity index (χ4n) is 1.20. The summed E-state index contributed by atoms with van der Waals surface area (Å²) in [5.41, 5.74) is 0.